The van der Waals surface area contributed by atoms with Crippen LogP contribution in [0.5, 0.6) is 17.2 Å². The normalized spacial score (nSPS) is 17.3. The Morgan fingerprint density at radius 1 is 0.853 bits per heavy atom. The van der Waals surface area contributed by atoms with Crippen LogP contribution in [0.25, 0.3) is 0 Å². The number of carbonyl (C=O) groups is 1. The first-order chi connectivity index (χ1) is 15.6. The van der Waals surface area contributed by atoms with Crippen LogP contribution in [0.4, 0.5) is 39.5 Å². The standard InChI is InChI=1S/C19H21F9N2O4/c20-17(21,22)8-32-12-5-13(33-9-18(23,24)25)15(14(6-12)34-10-19(26,27)28)16(31)30-7-11-3-1-2-4-29-11/h5-6,11,29H,1-4,7-10H2,(H,30,31). The van der Waals surface area contributed by atoms with Crippen molar-refractivity contribution < 1.29 is 58.5 Å². The zero-order valence-electron chi connectivity index (χ0n) is 17.4. The quantitative estimate of drug-likeness (QED) is 0.481. The van der Waals surface area contributed by atoms with Crippen molar-refractivity contribution in [3.63, 3.8) is 0 Å². The summed E-state index contributed by atoms with van der Waals surface area (Å²) in [5.41, 5.74) is -0.844. The highest BCUT2D eigenvalue weighted by Crippen LogP contribution is 2.37. The molecule has 1 aliphatic rings. The van der Waals surface area contributed by atoms with Crippen LogP contribution in [0.15, 0.2) is 12.1 Å². The molecule has 1 fully saturated rings. The first-order valence-electron chi connectivity index (χ1n) is 9.91. The van der Waals surface area contributed by atoms with Crippen LogP contribution in [-0.2, 0) is 0 Å². The Labute approximate surface area is 187 Å². The van der Waals surface area contributed by atoms with Crippen LogP contribution in [0.1, 0.15) is 29.6 Å². The van der Waals surface area contributed by atoms with Gasteiger partial charge in [0.15, 0.2) is 19.8 Å². The van der Waals surface area contributed by atoms with Crippen molar-refractivity contribution in [2.45, 2.75) is 43.8 Å². The molecule has 0 aliphatic carbocycles. The number of piperidine rings is 1. The number of halogens is 9. The van der Waals surface area contributed by atoms with Gasteiger partial charge in [-0.1, -0.05) is 6.42 Å². The van der Waals surface area contributed by atoms with Crippen LogP contribution in [0.3, 0.4) is 0 Å². The van der Waals surface area contributed by atoms with Gasteiger partial charge in [-0.25, -0.2) is 0 Å². The maximum Gasteiger partial charge on any atom is 0.422 e. The van der Waals surface area contributed by atoms with Gasteiger partial charge >= 0.3 is 18.5 Å². The van der Waals surface area contributed by atoms with Gasteiger partial charge in [-0.2, -0.15) is 39.5 Å². The lowest BCUT2D eigenvalue weighted by Gasteiger charge is -2.24. The first kappa shape index (κ1) is 27.7. The van der Waals surface area contributed by atoms with Gasteiger partial charge in [0.05, 0.1) is 0 Å². The molecule has 1 saturated heterocycles. The second kappa shape index (κ2) is 11.2. The molecule has 0 saturated carbocycles. The van der Waals surface area contributed by atoms with Crippen molar-refractivity contribution in [3.8, 4) is 17.2 Å². The maximum atomic E-state index is 12.7. The number of alkyl halides is 9. The summed E-state index contributed by atoms with van der Waals surface area (Å²) in [5.74, 6) is -3.85. The van der Waals surface area contributed by atoms with Gasteiger partial charge in [-0.05, 0) is 19.4 Å². The molecule has 1 aliphatic heterocycles. The van der Waals surface area contributed by atoms with Crippen LogP contribution in [0.2, 0.25) is 0 Å². The summed E-state index contributed by atoms with van der Waals surface area (Å²) in [4.78, 5) is 12.7. The number of ether oxygens (including phenoxy) is 3. The van der Waals surface area contributed by atoms with Crippen LogP contribution >= 0.6 is 0 Å². The highest BCUT2D eigenvalue weighted by atomic mass is 19.4. The Kier molecular flexibility index (Phi) is 9.14. The van der Waals surface area contributed by atoms with Gasteiger partial charge in [-0.3, -0.25) is 4.79 Å². The molecule has 0 spiro atoms. The molecular formula is C19H21F9N2O4. The molecular weight excluding hydrogens is 491 g/mol. The molecule has 2 N–H and O–H groups in total. The average Bonchev–Trinajstić information content (AvgIpc) is 2.72. The SMILES string of the molecule is O=C(NCC1CCCCN1)c1c(OCC(F)(F)F)cc(OCC(F)(F)F)cc1OCC(F)(F)F. The van der Waals surface area contributed by atoms with Crippen molar-refractivity contribution in [2.75, 3.05) is 32.9 Å². The molecule has 15 heteroatoms. The lowest BCUT2D eigenvalue weighted by molar-refractivity contribution is -0.154. The molecule has 194 valence electrons. The van der Waals surface area contributed by atoms with Crippen LogP contribution in [0, 0.1) is 0 Å². The molecule has 1 aromatic carbocycles. The van der Waals surface area contributed by atoms with Crippen molar-refractivity contribution in [2.24, 2.45) is 0 Å². The molecule has 1 aromatic rings. The third kappa shape index (κ3) is 10.1. The number of nitrogens with one attached hydrogen (secondary N) is 2. The second-order valence-corrected chi connectivity index (χ2v) is 7.36. The van der Waals surface area contributed by atoms with E-state index in [1.54, 1.807) is 0 Å². The van der Waals surface area contributed by atoms with Gasteiger partial charge in [0.1, 0.15) is 22.8 Å². The zero-order chi connectivity index (χ0) is 25.6. The van der Waals surface area contributed by atoms with E-state index in [4.69, 9.17) is 0 Å². The average molecular weight is 512 g/mol. The van der Waals surface area contributed by atoms with E-state index in [2.05, 4.69) is 24.8 Å². The molecule has 1 heterocycles. The summed E-state index contributed by atoms with van der Waals surface area (Å²) in [6.45, 7) is -5.20. The van der Waals surface area contributed by atoms with Crippen molar-refractivity contribution in [1.82, 2.24) is 10.6 Å². The molecule has 0 radical (unpaired) electrons. The predicted octanol–water partition coefficient (Wildman–Crippen LogP) is 4.38. The molecule has 1 atom stereocenters. The zero-order valence-corrected chi connectivity index (χ0v) is 17.4. The molecule has 0 aromatic heterocycles. The van der Waals surface area contributed by atoms with E-state index in [1.807, 2.05) is 0 Å². The van der Waals surface area contributed by atoms with Gasteiger partial charge in [-0.15, -0.1) is 0 Å². The topological polar surface area (TPSA) is 68.8 Å². The lowest BCUT2D eigenvalue weighted by atomic mass is 10.0. The fourth-order valence-electron chi connectivity index (χ4n) is 2.99. The van der Waals surface area contributed by atoms with Crippen LogP contribution < -0.4 is 24.8 Å². The summed E-state index contributed by atoms with van der Waals surface area (Å²) in [5, 5.41) is 5.46. The number of hydrogen-bond acceptors (Lipinski definition) is 5. The number of amides is 1. The van der Waals surface area contributed by atoms with E-state index >= 15 is 0 Å². The van der Waals surface area contributed by atoms with Gasteiger partial charge in [0.2, 0.25) is 0 Å². The van der Waals surface area contributed by atoms with E-state index < -0.39 is 67.1 Å². The molecule has 0 bridgehead atoms. The summed E-state index contributed by atoms with van der Waals surface area (Å²) in [6.07, 6.45) is -12.3. The minimum absolute atomic E-state index is 0.0113. The smallest absolute Gasteiger partial charge is 0.422 e. The Morgan fingerprint density at radius 2 is 1.35 bits per heavy atom. The van der Waals surface area contributed by atoms with E-state index in [0.717, 1.165) is 12.8 Å². The third-order valence-corrected chi connectivity index (χ3v) is 4.37. The van der Waals surface area contributed by atoms with Crippen LogP contribution in [-0.4, -0.2) is 63.4 Å². The fourth-order valence-corrected chi connectivity index (χ4v) is 2.99. The summed E-state index contributed by atoms with van der Waals surface area (Å²) in [7, 11) is 0. The Balaban J connectivity index is 2.38. The number of benzene rings is 1. The van der Waals surface area contributed by atoms with Gasteiger partial charge in [0, 0.05) is 24.7 Å². The second-order valence-electron chi connectivity index (χ2n) is 7.36. The highest BCUT2D eigenvalue weighted by Gasteiger charge is 2.34. The molecule has 6 nitrogen and oxygen atoms in total. The van der Waals surface area contributed by atoms with E-state index in [0.29, 0.717) is 25.1 Å². The van der Waals surface area contributed by atoms with E-state index in [-0.39, 0.29) is 12.6 Å². The number of rotatable bonds is 9. The largest absolute Gasteiger partial charge is 0.484 e. The van der Waals surface area contributed by atoms with E-state index in [9.17, 15) is 44.3 Å². The van der Waals surface area contributed by atoms with Gasteiger partial charge < -0.3 is 24.8 Å². The lowest BCUT2D eigenvalue weighted by Crippen LogP contribution is -2.43. The van der Waals surface area contributed by atoms with Gasteiger partial charge in [0.25, 0.3) is 5.91 Å². The summed E-state index contributed by atoms with van der Waals surface area (Å²) in [6, 6.07) is 0.906. The monoisotopic (exact) mass is 512 g/mol. The predicted molar refractivity (Wildman–Crippen MR) is 99.1 cm³/mol. The third-order valence-electron chi connectivity index (χ3n) is 4.37. The highest BCUT2D eigenvalue weighted by molar-refractivity contribution is 6.00. The first-order valence-corrected chi connectivity index (χ1v) is 9.91. The maximum absolute atomic E-state index is 12.7. The number of carbonyl (C=O) groups excluding carboxylic acids is 1. The van der Waals surface area contributed by atoms with Crippen molar-refractivity contribution in [1.29, 1.82) is 0 Å². The number of hydrogen-bond donors (Lipinski definition) is 2. The molecule has 1 amide bonds. The Bertz CT molecular complexity index is 780. The van der Waals surface area contributed by atoms with Crippen molar-refractivity contribution >= 4 is 5.91 Å². The Morgan fingerprint density at radius 3 is 1.79 bits per heavy atom. The minimum atomic E-state index is -4.92. The summed E-state index contributed by atoms with van der Waals surface area (Å²) < 4.78 is 127. The molecule has 34 heavy (non-hydrogen) atoms. The molecule has 1 unspecified atom stereocenters. The summed E-state index contributed by atoms with van der Waals surface area (Å²) >= 11 is 0. The fraction of sp³-hybridized carbons (Fsp3) is 0.632. The van der Waals surface area contributed by atoms with Crippen molar-refractivity contribution in [3.05, 3.63) is 17.7 Å². The molecule has 2 rings (SSSR count). The van der Waals surface area contributed by atoms with E-state index in [1.165, 1.54) is 0 Å². The Hall–Kier alpha value is -2.58. The minimum Gasteiger partial charge on any atom is -0.484 e.